The van der Waals surface area contributed by atoms with E-state index in [1.54, 1.807) is 35.6 Å². The van der Waals surface area contributed by atoms with Crippen LogP contribution in [0.1, 0.15) is 26.6 Å². The van der Waals surface area contributed by atoms with E-state index in [0.717, 1.165) is 16.3 Å². The van der Waals surface area contributed by atoms with Gasteiger partial charge in [0, 0.05) is 21.7 Å². The maximum atomic E-state index is 12.4. The fourth-order valence-electron chi connectivity index (χ4n) is 2.23. The van der Waals surface area contributed by atoms with Crippen LogP contribution in [0.3, 0.4) is 0 Å². The number of aromatic nitrogens is 1. The van der Waals surface area contributed by atoms with E-state index < -0.39 is 0 Å². The van der Waals surface area contributed by atoms with Gasteiger partial charge in [-0.3, -0.25) is 4.79 Å². The Kier molecular flexibility index (Phi) is 5.36. The van der Waals surface area contributed by atoms with Crippen LogP contribution >= 0.6 is 22.9 Å². The van der Waals surface area contributed by atoms with Crippen LogP contribution in [-0.4, -0.2) is 10.9 Å². The molecule has 0 unspecified atom stereocenters. The minimum atomic E-state index is -0.213. The molecule has 2 aromatic carbocycles. The van der Waals surface area contributed by atoms with E-state index in [1.807, 2.05) is 37.4 Å². The highest BCUT2D eigenvalue weighted by molar-refractivity contribution is 7.09. The number of hydrogen-bond acceptors (Lipinski definition) is 4. The zero-order chi connectivity index (χ0) is 17.8. The van der Waals surface area contributed by atoms with Crippen molar-refractivity contribution in [1.29, 1.82) is 0 Å². The molecule has 0 saturated heterocycles. The molecule has 0 spiro atoms. The van der Waals surface area contributed by atoms with E-state index >= 15 is 0 Å². The van der Waals surface area contributed by atoms with E-state index in [9.17, 15) is 4.79 Å². The number of amides is 1. The van der Waals surface area contributed by atoms with Gasteiger partial charge in [0.05, 0.1) is 10.7 Å². The first-order valence-corrected chi connectivity index (χ1v) is 8.98. The molecule has 3 rings (SSSR count). The van der Waals surface area contributed by atoms with Crippen LogP contribution in [0, 0.1) is 13.8 Å². The van der Waals surface area contributed by atoms with Gasteiger partial charge in [-0.15, -0.1) is 11.3 Å². The molecule has 1 heterocycles. The number of aryl methyl sites for hydroxylation is 2. The van der Waals surface area contributed by atoms with Crippen LogP contribution < -0.4 is 10.1 Å². The molecule has 0 radical (unpaired) electrons. The Morgan fingerprint density at radius 2 is 2.08 bits per heavy atom. The van der Waals surface area contributed by atoms with Crippen molar-refractivity contribution in [2.45, 2.75) is 20.5 Å². The van der Waals surface area contributed by atoms with Gasteiger partial charge in [0.25, 0.3) is 5.91 Å². The van der Waals surface area contributed by atoms with Crippen molar-refractivity contribution in [2.75, 3.05) is 5.32 Å². The Balaban J connectivity index is 1.67. The highest BCUT2D eigenvalue weighted by Crippen LogP contribution is 2.21. The summed E-state index contributed by atoms with van der Waals surface area (Å²) in [6.07, 6.45) is 0. The lowest BCUT2D eigenvalue weighted by Crippen LogP contribution is -2.12. The van der Waals surface area contributed by atoms with E-state index in [0.29, 0.717) is 28.6 Å². The quantitative estimate of drug-likeness (QED) is 0.665. The summed E-state index contributed by atoms with van der Waals surface area (Å²) in [5.41, 5.74) is 3.02. The third kappa shape index (κ3) is 4.59. The predicted octanol–water partition coefficient (Wildman–Crippen LogP) is 5.24. The van der Waals surface area contributed by atoms with Crippen molar-refractivity contribution < 1.29 is 9.53 Å². The Bertz CT molecular complexity index is 908. The molecule has 0 aliphatic carbocycles. The van der Waals surface area contributed by atoms with Gasteiger partial charge in [0.15, 0.2) is 0 Å². The van der Waals surface area contributed by atoms with Crippen molar-refractivity contribution in [3.05, 3.63) is 74.7 Å². The molecular formula is C19H17ClN2O2S. The zero-order valence-electron chi connectivity index (χ0n) is 13.9. The maximum Gasteiger partial charge on any atom is 0.255 e. The summed E-state index contributed by atoms with van der Waals surface area (Å²) in [6, 6.07) is 12.5. The second kappa shape index (κ2) is 7.68. The lowest BCUT2D eigenvalue weighted by molar-refractivity contribution is 0.102. The first-order chi connectivity index (χ1) is 12.0. The van der Waals surface area contributed by atoms with Crippen LogP contribution in [-0.2, 0) is 6.61 Å². The largest absolute Gasteiger partial charge is 0.487 e. The molecule has 1 aromatic heterocycles. The first kappa shape index (κ1) is 17.5. The standard InChI is InChI=1S/C19H17ClN2O2S/c1-12-6-7-15(9-18(12)20)22-19(23)14-4-3-5-17(8-14)24-10-16-11-25-13(2)21-16/h3-9,11H,10H2,1-2H3,(H,22,23). The molecule has 4 nitrogen and oxygen atoms in total. The van der Waals surface area contributed by atoms with Gasteiger partial charge in [0.2, 0.25) is 0 Å². The fraction of sp³-hybridized carbons (Fsp3) is 0.158. The van der Waals surface area contributed by atoms with Gasteiger partial charge in [-0.2, -0.15) is 0 Å². The molecule has 0 bridgehead atoms. The Labute approximate surface area is 155 Å². The van der Waals surface area contributed by atoms with Crippen molar-refractivity contribution in [3.63, 3.8) is 0 Å². The number of hydrogen-bond donors (Lipinski definition) is 1. The van der Waals surface area contributed by atoms with Crippen LogP contribution in [0.15, 0.2) is 47.8 Å². The van der Waals surface area contributed by atoms with E-state index in [1.165, 1.54) is 0 Å². The van der Waals surface area contributed by atoms with Gasteiger partial charge >= 0.3 is 0 Å². The van der Waals surface area contributed by atoms with E-state index in [-0.39, 0.29) is 5.91 Å². The molecule has 25 heavy (non-hydrogen) atoms. The minimum Gasteiger partial charge on any atom is -0.487 e. The average Bonchev–Trinajstić information content (AvgIpc) is 3.02. The zero-order valence-corrected chi connectivity index (χ0v) is 15.4. The predicted molar refractivity (Wildman–Crippen MR) is 102 cm³/mol. The number of halogens is 1. The molecule has 0 aliphatic heterocycles. The minimum absolute atomic E-state index is 0.213. The molecule has 0 atom stereocenters. The van der Waals surface area contributed by atoms with E-state index in [4.69, 9.17) is 16.3 Å². The third-order valence-corrected chi connectivity index (χ3v) is 4.81. The molecule has 6 heteroatoms. The number of nitrogens with one attached hydrogen (secondary N) is 1. The van der Waals surface area contributed by atoms with Crippen molar-refractivity contribution in [3.8, 4) is 5.75 Å². The second-order valence-electron chi connectivity index (χ2n) is 5.59. The average molecular weight is 373 g/mol. The van der Waals surface area contributed by atoms with Gasteiger partial charge < -0.3 is 10.1 Å². The summed E-state index contributed by atoms with van der Waals surface area (Å²) >= 11 is 7.68. The number of rotatable bonds is 5. The monoisotopic (exact) mass is 372 g/mol. The maximum absolute atomic E-state index is 12.4. The van der Waals surface area contributed by atoms with E-state index in [2.05, 4.69) is 10.3 Å². The number of carbonyl (C=O) groups excluding carboxylic acids is 1. The molecule has 3 aromatic rings. The van der Waals surface area contributed by atoms with Crippen molar-refractivity contribution >= 4 is 34.5 Å². The normalized spacial score (nSPS) is 10.5. The fourth-order valence-corrected chi connectivity index (χ4v) is 3.01. The Hall–Kier alpha value is -2.37. The summed E-state index contributed by atoms with van der Waals surface area (Å²) in [4.78, 5) is 16.8. The van der Waals surface area contributed by atoms with Crippen LogP contribution in [0.2, 0.25) is 5.02 Å². The number of benzene rings is 2. The van der Waals surface area contributed by atoms with Crippen LogP contribution in [0.25, 0.3) is 0 Å². The van der Waals surface area contributed by atoms with Gasteiger partial charge in [0.1, 0.15) is 12.4 Å². The lowest BCUT2D eigenvalue weighted by atomic mass is 10.2. The molecule has 1 N–H and O–H groups in total. The summed E-state index contributed by atoms with van der Waals surface area (Å²) in [5, 5.41) is 6.43. The topological polar surface area (TPSA) is 51.2 Å². The van der Waals surface area contributed by atoms with Crippen molar-refractivity contribution in [2.24, 2.45) is 0 Å². The number of ether oxygens (including phenoxy) is 1. The molecule has 0 aliphatic rings. The van der Waals surface area contributed by atoms with Gasteiger partial charge in [-0.1, -0.05) is 23.7 Å². The third-order valence-electron chi connectivity index (χ3n) is 3.58. The summed E-state index contributed by atoms with van der Waals surface area (Å²) in [5.74, 6) is 0.412. The molecular weight excluding hydrogens is 356 g/mol. The summed E-state index contributed by atoms with van der Waals surface area (Å²) < 4.78 is 5.72. The second-order valence-corrected chi connectivity index (χ2v) is 7.06. The molecule has 0 saturated carbocycles. The SMILES string of the molecule is Cc1nc(COc2cccc(C(=O)Nc3ccc(C)c(Cl)c3)c2)cs1. The number of anilines is 1. The number of thiazole rings is 1. The van der Waals surface area contributed by atoms with Crippen LogP contribution in [0.5, 0.6) is 5.75 Å². The van der Waals surface area contributed by atoms with Crippen LogP contribution in [0.4, 0.5) is 5.69 Å². The lowest BCUT2D eigenvalue weighted by Gasteiger charge is -2.09. The highest BCUT2D eigenvalue weighted by Gasteiger charge is 2.09. The van der Waals surface area contributed by atoms with Crippen molar-refractivity contribution in [1.82, 2.24) is 4.98 Å². The molecule has 1 amide bonds. The Morgan fingerprint density at radius 1 is 1.24 bits per heavy atom. The number of carbonyl (C=O) groups is 1. The summed E-state index contributed by atoms with van der Waals surface area (Å²) in [7, 11) is 0. The summed E-state index contributed by atoms with van der Waals surface area (Å²) in [6.45, 7) is 4.25. The smallest absolute Gasteiger partial charge is 0.255 e. The first-order valence-electron chi connectivity index (χ1n) is 7.72. The Morgan fingerprint density at radius 3 is 2.80 bits per heavy atom. The molecule has 0 fully saturated rings. The number of nitrogens with zero attached hydrogens (tertiary/aromatic N) is 1. The highest BCUT2D eigenvalue weighted by atomic mass is 35.5. The molecule has 128 valence electrons. The van der Waals surface area contributed by atoms with Gasteiger partial charge in [-0.25, -0.2) is 4.98 Å². The van der Waals surface area contributed by atoms with Gasteiger partial charge in [-0.05, 0) is 49.7 Å².